The Morgan fingerprint density at radius 3 is 2.38 bits per heavy atom. The molecule has 0 heterocycles. The van der Waals surface area contributed by atoms with Crippen molar-refractivity contribution in [2.24, 2.45) is 23.7 Å². The Kier molecular flexibility index (Phi) is 5.97. The van der Waals surface area contributed by atoms with Crippen molar-refractivity contribution in [3.8, 4) is 0 Å². The van der Waals surface area contributed by atoms with Crippen molar-refractivity contribution in [2.75, 3.05) is 7.11 Å². The summed E-state index contributed by atoms with van der Waals surface area (Å²) in [6.45, 7) is 15.4. The highest BCUT2D eigenvalue weighted by Gasteiger charge is 2.59. The van der Waals surface area contributed by atoms with Gasteiger partial charge in [0.25, 0.3) is 0 Å². The van der Waals surface area contributed by atoms with Gasteiger partial charge in [0, 0.05) is 0 Å². The Bertz CT molecular complexity index is 426. The van der Waals surface area contributed by atoms with Crippen molar-refractivity contribution in [3.05, 3.63) is 37.5 Å². The maximum absolute atomic E-state index is 12.2. The van der Waals surface area contributed by atoms with E-state index in [-0.39, 0.29) is 29.6 Å². The van der Waals surface area contributed by atoms with Gasteiger partial charge in [-0.3, -0.25) is 4.79 Å². The maximum atomic E-state index is 12.2. The quantitative estimate of drug-likeness (QED) is 0.577. The summed E-state index contributed by atoms with van der Waals surface area (Å²) in [5, 5.41) is 11.3. The van der Waals surface area contributed by atoms with Crippen molar-refractivity contribution in [1.82, 2.24) is 0 Å². The maximum Gasteiger partial charge on any atom is 0.309 e. The highest BCUT2D eigenvalue weighted by molar-refractivity contribution is 5.74. The molecule has 0 amide bonds. The number of carbonyl (C=O) groups is 1. The first-order valence-corrected chi connectivity index (χ1v) is 7.52. The second kappa shape index (κ2) is 7.08. The van der Waals surface area contributed by atoms with Crippen LogP contribution in [0.4, 0.5) is 0 Å². The minimum Gasteiger partial charge on any atom is -0.469 e. The van der Waals surface area contributed by atoms with Gasteiger partial charge in [0.15, 0.2) is 0 Å². The molecule has 1 fully saturated rings. The summed E-state index contributed by atoms with van der Waals surface area (Å²) in [4.78, 5) is 12.2. The molecule has 0 radical (unpaired) electrons. The third kappa shape index (κ3) is 3.13. The lowest BCUT2D eigenvalue weighted by molar-refractivity contribution is -0.149. The third-order valence-corrected chi connectivity index (χ3v) is 5.00. The Hall–Kier alpha value is -1.35. The lowest BCUT2D eigenvalue weighted by Crippen LogP contribution is -2.40. The Labute approximate surface area is 128 Å². The number of carbonyl (C=O) groups excluding carboxylic acids is 1. The van der Waals surface area contributed by atoms with Gasteiger partial charge in [-0.15, -0.1) is 13.2 Å². The predicted molar refractivity (Wildman–Crippen MR) is 85.7 cm³/mol. The first kappa shape index (κ1) is 17.7. The van der Waals surface area contributed by atoms with Crippen molar-refractivity contribution >= 4 is 5.97 Å². The van der Waals surface area contributed by atoms with Crippen molar-refractivity contribution in [2.45, 2.75) is 38.7 Å². The fourth-order valence-corrected chi connectivity index (χ4v) is 3.93. The molecule has 1 N–H and O–H groups in total. The van der Waals surface area contributed by atoms with Crippen LogP contribution in [-0.2, 0) is 9.53 Å². The molecule has 0 aromatic carbocycles. The number of aliphatic hydroxyl groups is 1. The number of methoxy groups -OCH3 is 1. The van der Waals surface area contributed by atoms with Crippen LogP contribution in [0.2, 0.25) is 0 Å². The standard InChI is InChI=1S/C18H28O3/c1-7-9-11-18(20)13(5)16(17(19)21-6)15(12(3)4)14(18)10-8-2/h7-8,13-16,20H,1-3,9-11H2,4-6H3/t13-,14+,15+,16-,18+/m1/s1. The Morgan fingerprint density at radius 1 is 1.33 bits per heavy atom. The zero-order valence-electron chi connectivity index (χ0n) is 13.5. The average molecular weight is 292 g/mol. The minimum atomic E-state index is -0.926. The molecule has 21 heavy (non-hydrogen) atoms. The van der Waals surface area contributed by atoms with Gasteiger partial charge in [-0.2, -0.15) is 0 Å². The van der Waals surface area contributed by atoms with E-state index in [9.17, 15) is 9.90 Å². The molecule has 3 nitrogen and oxygen atoms in total. The highest BCUT2D eigenvalue weighted by atomic mass is 16.5. The largest absolute Gasteiger partial charge is 0.469 e. The van der Waals surface area contributed by atoms with E-state index in [4.69, 9.17) is 4.74 Å². The summed E-state index contributed by atoms with van der Waals surface area (Å²) in [5.41, 5.74) is -0.0103. The van der Waals surface area contributed by atoms with Crippen LogP contribution in [0.25, 0.3) is 0 Å². The van der Waals surface area contributed by atoms with Gasteiger partial charge in [-0.1, -0.05) is 31.2 Å². The van der Waals surface area contributed by atoms with Crippen molar-refractivity contribution < 1.29 is 14.6 Å². The van der Waals surface area contributed by atoms with E-state index in [1.807, 2.05) is 19.9 Å². The molecule has 1 saturated carbocycles. The highest BCUT2D eigenvalue weighted by Crippen LogP contribution is 2.54. The number of esters is 1. The minimum absolute atomic E-state index is 0.0634. The molecule has 5 atom stereocenters. The number of hydrogen-bond acceptors (Lipinski definition) is 3. The summed E-state index contributed by atoms with van der Waals surface area (Å²) < 4.78 is 4.97. The van der Waals surface area contributed by atoms with Gasteiger partial charge in [0.1, 0.15) is 0 Å². The summed E-state index contributed by atoms with van der Waals surface area (Å²) in [6, 6.07) is 0. The molecule has 1 rings (SSSR count). The Balaban J connectivity index is 3.29. The van der Waals surface area contributed by atoms with E-state index in [0.717, 1.165) is 5.57 Å². The van der Waals surface area contributed by atoms with E-state index in [1.165, 1.54) is 7.11 Å². The van der Waals surface area contributed by atoms with Crippen LogP contribution < -0.4 is 0 Å². The molecule has 1 aliphatic rings. The lowest BCUT2D eigenvalue weighted by atomic mass is 9.76. The number of allylic oxidation sites excluding steroid dienone is 3. The molecule has 1 aliphatic carbocycles. The van der Waals surface area contributed by atoms with Crippen LogP contribution in [0.3, 0.4) is 0 Å². The first-order valence-electron chi connectivity index (χ1n) is 7.52. The molecule has 3 heteroatoms. The molecule has 0 aliphatic heterocycles. The number of rotatable bonds is 7. The van der Waals surface area contributed by atoms with E-state index in [1.54, 1.807) is 6.08 Å². The number of ether oxygens (including phenoxy) is 1. The van der Waals surface area contributed by atoms with Crippen LogP contribution in [0.5, 0.6) is 0 Å². The molecule has 0 aromatic rings. The fraction of sp³-hybridized carbons (Fsp3) is 0.611. The summed E-state index contributed by atoms with van der Waals surface area (Å²) >= 11 is 0. The van der Waals surface area contributed by atoms with Crippen molar-refractivity contribution in [3.63, 3.8) is 0 Å². The summed E-state index contributed by atoms with van der Waals surface area (Å²) in [5.74, 6) is -0.949. The van der Waals surface area contributed by atoms with E-state index in [2.05, 4.69) is 19.7 Å². The second-order valence-corrected chi connectivity index (χ2v) is 6.16. The summed E-state index contributed by atoms with van der Waals surface area (Å²) in [7, 11) is 1.40. The molecule has 0 bridgehead atoms. The molecular formula is C18H28O3. The van der Waals surface area contributed by atoms with Crippen LogP contribution in [0.1, 0.15) is 33.1 Å². The van der Waals surface area contributed by atoms with Gasteiger partial charge >= 0.3 is 5.97 Å². The summed E-state index contributed by atoms with van der Waals surface area (Å²) in [6.07, 6.45) is 5.57. The average Bonchev–Trinajstić information content (AvgIpc) is 2.67. The molecule has 0 aromatic heterocycles. The topological polar surface area (TPSA) is 46.5 Å². The lowest BCUT2D eigenvalue weighted by Gasteiger charge is -2.35. The molecule has 0 spiro atoms. The number of hydrogen-bond donors (Lipinski definition) is 1. The molecular weight excluding hydrogens is 264 g/mol. The van der Waals surface area contributed by atoms with Gasteiger partial charge in [-0.05, 0) is 43.9 Å². The predicted octanol–water partition coefficient (Wildman–Crippen LogP) is 3.51. The monoisotopic (exact) mass is 292 g/mol. The van der Waals surface area contributed by atoms with Crippen LogP contribution in [0.15, 0.2) is 37.5 Å². The second-order valence-electron chi connectivity index (χ2n) is 6.16. The SMILES string of the molecule is C=CCC[C@]1(O)[C@H](C)[C@@H](C(=O)OC)[C@@H](C(=C)C)[C@@H]1CC=C. The third-order valence-electron chi connectivity index (χ3n) is 5.00. The van der Waals surface area contributed by atoms with Crippen molar-refractivity contribution in [1.29, 1.82) is 0 Å². The zero-order chi connectivity index (χ0) is 16.2. The molecule has 0 unspecified atom stereocenters. The van der Waals surface area contributed by atoms with Gasteiger partial charge in [0.05, 0.1) is 18.6 Å². The van der Waals surface area contributed by atoms with E-state index < -0.39 is 5.60 Å². The van der Waals surface area contributed by atoms with Crippen LogP contribution >= 0.6 is 0 Å². The molecule has 0 saturated heterocycles. The van der Waals surface area contributed by atoms with Crippen LogP contribution in [0, 0.1) is 23.7 Å². The van der Waals surface area contributed by atoms with Crippen LogP contribution in [-0.4, -0.2) is 23.8 Å². The zero-order valence-corrected chi connectivity index (χ0v) is 13.5. The normalized spacial score (nSPS) is 35.2. The van der Waals surface area contributed by atoms with Gasteiger partial charge in [-0.25, -0.2) is 0 Å². The van der Waals surface area contributed by atoms with Gasteiger partial charge in [0.2, 0.25) is 0 Å². The van der Waals surface area contributed by atoms with E-state index >= 15 is 0 Å². The smallest absolute Gasteiger partial charge is 0.309 e. The Morgan fingerprint density at radius 2 is 1.95 bits per heavy atom. The fourth-order valence-electron chi connectivity index (χ4n) is 3.93. The molecule has 118 valence electrons. The van der Waals surface area contributed by atoms with E-state index in [0.29, 0.717) is 19.3 Å². The van der Waals surface area contributed by atoms with Gasteiger partial charge < -0.3 is 9.84 Å². The first-order chi connectivity index (χ1) is 9.84.